The van der Waals surface area contributed by atoms with Crippen molar-refractivity contribution < 1.29 is 4.74 Å². The Kier molecular flexibility index (Phi) is 3.82. The van der Waals surface area contributed by atoms with E-state index >= 15 is 0 Å². The number of rotatable bonds is 5. The topological polar surface area (TPSA) is 39.9 Å². The maximum Gasteiger partial charge on any atom is 0.161 e. The standard InChI is InChI=1S/C13H21N3OSi/c1-11-7-12-13(14-8-11)16(9-15-12)10-17-5-6-18(2,3)4/h7-9H,5-6,10H2,1-4H3. The summed E-state index contributed by atoms with van der Waals surface area (Å²) in [5, 5.41) is 0. The van der Waals surface area contributed by atoms with E-state index in [2.05, 4.69) is 29.6 Å². The fraction of sp³-hybridized carbons (Fsp3) is 0.538. The van der Waals surface area contributed by atoms with Gasteiger partial charge < -0.3 is 4.74 Å². The molecule has 0 atom stereocenters. The summed E-state index contributed by atoms with van der Waals surface area (Å²) in [4.78, 5) is 8.73. The van der Waals surface area contributed by atoms with Crippen molar-refractivity contribution in [3.8, 4) is 0 Å². The summed E-state index contributed by atoms with van der Waals surface area (Å²) in [6, 6.07) is 3.23. The highest BCUT2D eigenvalue weighted by Gasteiger charge is 2.12. The van der Waals surface area contributed by atoms with Crippen molar-refractivity contribution in [2.45, 2.75) is 39.3 Å². The predicted molar refractivity (Wildman–Crippen MR) is 76.4 cm³/mol. The van der Waals surface area contributed by atoms with Crippen LogP contribution in [0.5, 0.6) is 0 Å². The maximum atomic E-state index is 5.71. The molecule has 0 unspecified atom stereocenters. The smallest absolute Gasteiger partial charge is 0.161 e. The largest absolute Gasteiger partial charge is 0.361 e. The molecule has 0 fully saturated rings. The molecule has 0 aromatic carbocycles. The first-order chi connectivity index (χ1) is 8.46. The van der Waals surface area contributed by atoms with Gasteiger partial charge in [-0.15, -0.1) is 0 Å². The van der Waals surface area contributed by atoms with E-state index < -0.39 is 8.07 Å². The number of pyridine rings is 1. The number of aryl methyl sites for hydroxylation is 1. The minimum absolute atomic E-state index is 0.539. The molecule has 0 saturated carbocycles. The summed E-state index contributed by atoms with van der Waals surface area (Å²) in [7, 11) is -1.01. The zero-order chi connectivity index (χ0) is 13.2. The molecule has 0 radical (unpaired) electrons. The molecule has 98 valence electrons. The van der Waals surface area contributed by atoms with Gasteiger partial charge in [0.25, 0.3) is 0 Å². The lowest BCUT2D eigenvalue weighted by atomic mass is 10.3. The Balaban J connectivity index is 1.96. The number of hydrogen-bond donors (Lipinski definition) is 0. The molecule has 0 spiro atoms. The Hall–Kier alpha value is -1.20. The first-order valence-electron chi connectivity index (χ1n) is 6.31. The molecular formula is C13H21N3OSi. The molecule has 2 heterocycles. The Morgan fingerprint density at radius 1 is 1.28 bits per heavy atom. The molecule has 2 rings (SSSR count). The summed E-state index contributed by atoms with van der Waals surface area (Å²) in [6.45, 7) is 10.4. The molecule has 2 aromatic rings. The van der Waals surface area contributed by atoms with Crippen molar-refractivity contribution >= 4 is 19.2 Å². The molecule has 0 aliphatic rings. The lowest BCUT2D eigenvalue weighted by Gasteiger charge is -2.15. The molecule has 5 heteroatoms. The van der Waals surface area contributed by atoms with Crippen LogP contribution in [-0.4, -0.2) is 29.2 Å². The van der Waals surface area contributed by atoms with Crippen LogP contribution in [0.25, 0.3) is 11.2 Å². The number of hydrogen-bond acceptors (Lipinski definition) is 3. The summed E-state index contributed by atoms with van der Waals surface area (Å²) < 4.78 is 7.67. The summed E-state index contributed by atoms with van der Waals surface area (Å²) >= 11 is 0. The molecule has 0 bridgehead atoms. The molecule has 0 N–H and O–H groups in total. The van der Waals surface area contributed by atoms with Gasteiger partial charge in [-0.1, -0.05) is 19.6 Å². The second-order valence-corrected chi connectivity index (χ2v) is 11.5. The van der Waals surface area contributed by atoms with Gasteiger partial charge in [0.2, 0.25) is 0 Å². The fourth-order valence-electron chi connectivity index (χ4n) is 1.69. The second kappa shape index (κ2) is 5.20. The van der Waals surface area contributed by atoms with Crippen LogP contribution in [0.3, 0.4) is 0 Å². The SMILES string of the molecule is Cc1cnc2c(c1)ncn2COCC[Si](C)(C)C. The van der Waals surface area contributed by atoms with Crippen molar-refractivity contribution in [2.75, 3.05) is 6.61 Å². The molecule has 0 aliphatic carbocycles. The zero-order valence-electron chi connectivity index (χ0n) is 11.6. The van der Waals surface area contributed by atoms with E-state index in [0.29, 0.717) is 6.73 Å². The van der Waals surface area contributed by atoms with E-state index in [1.165, 1.54) is 6.04 Å². The fourth-order valence-corrected chi connectivity index (χ4v) is 2.44. The number of ether oxygens (including phenoxy) is 1. The van der Waals surface area contributed by atoms with Crippen LogP contribution < -0.4 is 0 Å². The molecule has 4 nitrogen and oxygen atoms in total. The minimum atomic E-state index is -1.01. The molecule has 0 saturated heterocycles. The van der Waals surface area contributed by atoms with Gasteiger partial charge in [0.15, 0.2) is 5.65 Å². The summed E-state index contributed by atoms with van der Waals surface area (Å²) in [5.41, 5.74) is 2.96. The highest BCUT2D eigenvalue weighted by atomic mass is 28.3. The zero-order valence-corrected chi connectivity index (χ0v) is 12.6. The Labute approximate surface area is 109 Å². The number of imidazole rings is 1. The highest BCUT2D eigenvalue weighted by molar-refractivity contribution is 6.76. The van der Waals surface area contributed by atoms with Crippen LogP contribution in [-0.2, 0) is 11.5 Å². The van der Waals surface area contributed by atoms with Gasteiger partial charge in [-0.05, 0) is 24.6 Å². The second-order valence-electron chi connectivity index (χ2n) is 5.92. The number of fused-ring (bicyclic) bond motifs is 1. The monoisotopic (exact) mass is 263 g/mol. The molecular weight excluding hydrogens is 242 g/mol. The van der Waals surface area contributed by atoms with Gasteiger partial charge in [0.05, 0.1) is 6.33 Å². The van der Waals surface area contributed by atoms with E-state index in [4.69, 9.17) is 4.74 Å². The lowest BCUT2D eigenvalue weighted by Crippen LogP contribution is -2.22. The maximum absolute atomic E-state index is 5.71. The van der Waals surface area contributed by atoms with Gasteiger partial charge in [0.1, 0.15) is 12.2 Å². The summed E-state index contributed by atoms with van der Waals surface area (Å²) in [5.74, 6) is 0. The highest BCUT2D eigenvalue weighted by Crippen LogP contribution is 2.12. The normalized spacial score (nSPS) is 12.2. The van der Waals surface area contributed by atoms with Crippen molar-refractivity contribution in [1.82, 2.24) is 14.5 Å². The van der Waals surface area contributed by atoms with Crippen molar-refractivity contribution in [1.29, 1.82) is 0 Å². The van der Waals surface area contributed by atoms with E-state index in [-0.39, 0.29) is 0 Å². The molecule has 0 amide bonds. The lowest BCUT2D eigenvalue weighted by molar-refractivity contribution is 0.0895. The van der Waals surface area contributed by atoms with Gasteiger partial charge >= 0.3 is 0 Å². The van der Waals surface area contributed by atoms with Gasteiger partial charge in [-0.2, -0.15) is 0 Å². The first kappa shape index (κ1) is 13.2. The number of nitrogens with zero attached hydrogens (tertiary/aromatic N) is 3. The first-order valence-corrected chi connectivity index (χ1v) is 10.0. The van der Waals surface area contributed by atoms with Crippen molar-refractivity contribution in [3.05, 3.63) is 24.2 Å². The van der Waals surface area contributed by atoms with Gasteiger partial charge in [0, 0.05) is 20.9 Å². The average Bonchev–Trinajstić information content (AvgIpc) is 2.65. The molecule has 2 aromatic heterocycles. The third-order valence-corrected chi connectivity index (χ3v) is 4.52. The van der Waals surface area contributed by atoms with E-state index in [1.54, 1.807) is 6.33 Å². The summed E-state index contributed by atoms with van der Waals surface area (Å²) in [6.07, 6.45) is 3.66. The van der Waals surface area contributed by atoms with E-state index in [9.17, 15) is 0 Å². The van der Waals surface area contributed by atoms with Crippen molar-refractivity contribution in [3.63, 3.8) is 0 Å². The Bertz CT molecular complexity index is 531. The predicted octanol–water partition coefficient (Wildman–Crippen LogP) is 3.05. The third kappa shape index (κ3) is 3.40. The minimum Gasteiger partial charge on any atom is -0.361 e. The third-order valence-electron chi connectivity index (χ3n) is 2.82. The van der Waals surface area contributed by atoms with E-state index in [0.717, 1.165) is 23.3 Å². The van der Waals surface area contributed by atoms with Crippen LogP contribution in [0.4, 0.5) is 0 Å². The Morgan fingerprint density at radius 2 is 2.06 bits per heavy atom. The Morgan fingerprint density at radius 3 is 2.78 bits per heavy atom. The van der Waals surface area contributed by atoms with Crippen LogP contribution in [0.15, 0.2) is 18.6 Å². The average molecular weight is 263 g/mol. The molecule has 0 aliphatic heterocycles. The quantitative estimate of drug-likeness (QED) is 0.615. The van der Waals surface area contributed by atoms with Crippen LogP contribution >= 0.6 is 0 Å². The number of aromatic nitrogens is 3. The van der Waals surface area contributed by atoms with Crippen molar-refractivity contribution in [2.24, 2.45) is 0 Å². The van der Waals surface area contributed by atoms with Gasteiger partial charge in [-0.3, -0.25) is 4.57 Å². The van der Waals surface area contributed by atoms with E-state index in [1.807, 2.05) is 23.8 Å². The van der Waals surface area contributed by atoms with Gasteiger partial charge in [-0.25, -0.2) is 9.97 Å². The van der Waals surface area contributed by atoms with Crippen LogP contribution in [0.1, 0.15) is 5.56 Å². The molecule has 18 heavy (non-hydrogen) atoms. The van der Waals surface area contributed by atoms with Crippen LogP contribution in [0, 0.1) is 6.92 Å². The van der Waals surface area contributed by atoms with Crippen LogP contribution in [0.2, 0.25) is 25.7 Å².